The van der Waals surface area contributed by atoms with E-state index < -0.39 is 5.54 Å². The van der Waals surface area contributed by atoms with E-state index in [1.807, 2.05) is 25.1 Å². The van der Waals surface area contributed by atoms with Crippen molar-refractivity contribution >= 4 is 23.0 Å². The molecule has 1 amide bonds. The molecule has 1 unspecified atom stereocenters. The number of anilines is 1. The number of aliphatic imine (C=N–C) groups is 1. The average molecular weight is 274 g/mol. The molecule has 1 aromatic rings. The molecule has 0 aliphatic carbocycles. The van der Waals surface area contributed by atoms with E-state index in [9.17, 15) is 10.0 Å². The predicted molar refractivity (Wildman–Crippen MR) is 78.3 cm³/mol. The summed E-state index contributed by atoms with van der Waals surface area (Å²) in [5, 5.41) is 15.1. The number of amides is 1. The third kappa shape index (κ3) is 2.03. The summed E-state index contributed by atoms with van der Waals surface area (Å²) < 4.78 is 0. The predicted octanol–water partition coefficient (Wildman–Crippen LogP) is 1.61. The lowest BCUT2D eigenvalue weighted by Crippen LogP contribution is -2.61. The summed E-state index contributed by atoms with van der Waals surface area (Å²) in [5.74, 6) is -0.363. The van der Waals surface area contributed by atoms with E-state index in [4.69, 9.17) is 0 Å². The highest BCUT2D eigenvalue weighted by molar-refractivity contribution is 6.36. The fourth-order valence-electron chi connectivity index (χ4n) is 2.31. The van der Waals surface area contributed by atoms with Crippen LogP contribution in [0.2, 0.25) is 0 Å². The van der Waals surface area contributed by atoms with Gasteiger partial charge in [-0.05, 0) is 32.9 Å². The summed E-state index contributed by atoms with van der Waals surface area (Å²) in [6.45, 7) is 5.80. The largest absolute Gasteiger partial charge is 0.315 e. The van der Waals surface area contributed by atoms with Gasteiger partial charge in [0.2, 0.25) is 0 Å². The maximum Gasteiger partial charge on any atom is 0.281 e. The Bertz CT molecular complexity index is 568. The van der Waals surface area contributed by atoms with Crippen molar-refractivity contribution < 1.29 is 10.0 Å². The van der Waals surface area contributed by atoms with Crippen molar-refractivity contribution in [1.29, 1.82) is 0 Å². The number of carbonyl (C=O) groups is 1. The standard InChI is InChI=1S/C14H18N4O2/c1-4-15-10(2)14(17-20)11(3)16-18(13(14)19)12-8-6-5-7-9-12/h5-9,17,20H,4H2,1-3H3. The molecule has 106 valence electrons. The molecule has 1 aromatic carbocycles. The molecule has 0 fully saturated rings. The number of rotatable bonds is 4. The lowest BCUT2D eigenvalue weighted by molar-refractivity contribution is -0.122. The fourth-order valence-corrected chi connectivity index (χ4v) is 2.31. The first-order valence-corrected chi connectivity index (χ1v) is 6.46. The number of benzene rings is 1. The number of hydrogen-bond donors (Lipinski definition) is 2. The van der Waals surface area contributed by atoms with Gasteiger partial charge in [0, 0.05) is 12.3 Å². The minimum absolute atomic E-state index is 0.363. The van der Waals surface area contributed by atoms with E-state index >= 15 is 0 Å². The van der Waals surface area contributed by atoms with Crippen LogP contribution in [0.15, 0.2) is 40.4 Å². The Hall–Kier alpha value is -2.05. The Morgan fingerprint density at radius 3 is 2.65 bits per heavy atom. The van der Waals surface area contributed by atoms with Crippen molar-refractivity contribution in [2.45, 2.75) is 26.3 Å². The van der Waals surface area contributed by atoms with E-state index in [1.54, 1.807) is 26.0 Å². The summed E-state index contributed by atoms with van der Waals surface area (Å²) in [5.41, 5.74) is 2.34. The van der Waals surface area contributed by atoms with Crippen molar-refractivity contribution in [3.05, 3.63) is 30.3 Å². The van der Waals surface area contributed by atoms with Crippen molar-refractivity contribution in [2.75, 3.05) is 11.6 Å². The van der Waals surface area contributed by atoms with Gasteiger partial charge in [0.1, 0.15) is 0 Å². The molecule has 1 heterocycles. The molecule has 1 aliphatic heterocycles. The van der Waals surface area contributed by atoms with Crippen LogP contribution in [-0.4, -0.2) is 34.6 Å². The van der Waals surface area contributed by atoms with Gasteiger partial charge in [-0.1, -0.05) is 18.2 Å². The molecule has 2 rings (SSSR count). The molecule has 0 aromatic heterocycles. The molecule has 6 heteroatoms. The monoisotopic (exact) mass is 274 g/mol. The van der Waals surface area contributed by atoms with Crippen molar-refractivity contribution in [3.63, 3.8) is 0 Å². The molecular formula is C14H18N4O2. The minimum atomic E-state index is -1.37. The van der Waals surface area contributed by atoms with E-state index in [0.29, 0.717) is 23.7 Å². The minimum Gasteiger partial charge on any atom is -0.315 e. The van der Waals surface area contributed by atoms with Gasteiger partial charge in [-0.3, -0.25) is 9.79 Å². The molecule has 0 radical (unpaired) electrons. The first kappa shape index (κ1) is 14.4. The van der Waals surface area contributed by atoms with Crippen LogP contribution >= 0.6 is 0 Å². The number of hydrazone groups is 1. The zero-order valence-electron chi connectivity index (χ0n) is 11.8. The molecule has 1 atom stereocenters. The Morgan fingerprint density at radius 2 is 2.10 bits per heavy atom. The Morgan fingerprint density at radius 1 is 1.45 bits per heavy atom. The molecule has 20 heavy (non-hydrogen) atoms. The van der Waals surface area contributed by atoms with Crippen molar-refractivity contribution in [3.8, 4) is 0 Å². The van der Waals surface area contributed by atoms with E-state index in [1.165, 1.54) is 5.01 Å². The Labute approximate surface area is 117 Å². The number of nitrogens with one attached hydrogen (secondary N) is 1. The summed E-state index contributed by atoms with van der Waals surface area (Å²) >= 11 is 0. The number of carbonyl (C=O) groups excluding carboxylic acids is 1. The molecule has 1 aliphatic rings. The van der Waals surface area contributed by atoms with Crippen LogP contribution in [0, 0.1) is 0 Å². The van der Waals surface area contributed by atoms with Gasteiger partial charge in [0.05, 0.1) is 11.4 Å². The van der Waals surface area contributed by atoms with E-state index in [2.05, 4.69) is 15.6 Å². The normalized spacial score (nSPS) is 23.2. The summed E-state index contributed by atoms with van der Waals surface area (Å²) in [7, 11) is 0. The van der Waals surface area contributed by atoms with Gasteiger partial charge in [-0.25, -0.2) is 0 Å². The quantitative estimate of drug-likeness (QED) is 0.647. The van der Waals surface area contributed by atoms with Gasteiger partial charge in [0.25, 0.3) is 5.91 Å². The second-order valence-corrected chi connectivity index (χ2v) is 4.56. The fraction of sp³-hybridized carbons (Fsp3) is 0.357. The third-order valence-electron chi connectivity index (χ3n) is 3.41. The highest BCUT2D eigenvalue weighted by Crippen LogP contribution is 2.27. The second-order valence-electron chi connectivity index (χ2n) is 4.56. The molecule has 6 nitrogen and oxygen atoms in total. The summed E-state index contributed by atoms with van der Waals surface area (Å²) in [6, 6.07) is 9.09. The number of nitrogens with zero attached hydrogens (tertiary/aromatic N) is 3. The zero-order chi connectivity index (χ0) is 14.8. The first-order chi connectivity index (χ1) is 9.57. The van der Waals surface area contributed by atoms with Crippen LogP contribution in [0.3, 0.4) is 0 Å². The van der Waals surface area contributed by atoms with Crippen LogP contribution in [-0.2, 0) is 4.79 Å². The molecule has 0 spiro atoms. The van der Waals surface area contributed by atoms with Crippen LogP contribution in [0.1, 0.15) is 20.8 Å². The van der Waals surface area contributed by atoms with Crippen LogP contribution in [0.25, 0.3) is 0 Å². The number of hydroxylamine groups is 1. The van der Waals surface area contributed by atoms with Gasteiger partial charge in [-0.2, -0.15) is 15.6 Å². The lowest BCUT2D eigenvalue weighted by Gasteiger charge is -2.26. The molecule has 0 saturated carbocycles. The maximum atomic E-state index is 12.7. The summed E-state index contributed by atoms with van der Waals surface area (Å²) in [6.07, 6.45) is 0. The topological polar surface area (TPSA) is 77.3 Å². The van der Waals surface area contributed by atoms with Crippen LogP contribution in [0.4, 0.5) is 5.69 Å². The molecule has 0 bridgehead atoms. The van der Waals surface area contributed by atoms with Gasteiger partial charge < -0.3 is 5.21 Å². The molecular weight excluding hydrogens is 256 g/mol. The smallest absolute Gasteiger partial charge is 0.281 e. The van der Waals surface area contributed by atoms with E-state index in [0.717, 1.165) is 0 Å². The maximum absolute atomic E-state index is 12.7. The van der Waals surface area contributed by atoms with Crippen molar-refractivity contribution in [2.24, 2.45) is 10.1 Å². The highest BCUT2D eigenvalue weighted by atomic mass is 16.5. The van der Waals surface area contributed by atoms with Crippen LogP contribution in [0.5, 0.6) is 0 Å². The SMILES string of the molecule is CCN=C(C)C1(NO)C(=O)N(c2ccccc2)N=C1C. The van der Waals surface area contributed by atoms with Crippen molar-refractivity contribution in [1.82, 2.24) is 5.48 Å². The van der Waals surface area contributed by atoms with E-state index in [-0.39, 0.29) is 5.91 Å². The number of para-hydroxylation sites is 1. The molecule has 2 N–H and O–H groups in total. The highest BCUT2D eigenvalue weighted by Gasteiger charge is 2.52. The number of hydrogen-bond acceptors (Lipinski definition) is 5. The first-order valence-electron chi connectivity index (χ1n) is 6.46. The van der Waals surface area contributed by atoms with Crippen LogP contribution < -0.4 is 10.5 Å². The zero-order valence-corrected chi connectivity index (χ0v) is 11.8. The second kappa shape index (κ2) is 5.52. The average Bonchev–Trinajstić information content (AvgIpc) is 2.72. The molecule has 0 saturated heterocycles. The van der Waals surface area contributed by atoms with Gasteiger partial charge >= 0.3 is 0 Å². The van der Waals surface area contributed by atoms with Gasteiger partial charge in [-0.15, -0.1) is 0 Å². The van der Waals surface area contributed by atoms with Gasteiger partial charge in [0.15, 0.2) is 5.54 Å². The summed E-state index contributed by atoms with van der Waals surface area (Å²) in [4.78, 5) is 16.9. The lowest BCUT2D eigenvalue weighted by atomic mass is 9.89. The Balaban J connectivity index is 2.47. The third-order valence-corrected chi connectivity index (χ3v) is 3.41. The Kier molecular flexibility index (Phi) is 3.96.